The van der Waals surface area contributed by atoms with Crippen LogP contribution < -0.4 is 0 Å². The number of piperazine rings is 1. The van der Waals surface area contributed by atoms with Crippen LogP contribution in [0.1, 0.15) is 23.0 Å². The van der Waals surface area contributed by atoms with E-state index in [2.05, 4.69) is 0 Å². The van der Waals surface area contributed by atoms with Crippen LogP contribution in [0.5, 0.6) is 0 Å². The van der Waals surface area contributed by atoms with Crippen molar-refractivity contribution in [3.8, 4) is 0 Å². The van der Waals surface area contributed by atoms with E-state index in [1.807, 2.05) is 0 Å². The van der Waals surface area contributed by atoms with Crippen molar-refractivity contribution < 1.29 is 27.2 Å². The summed E-state index contributed by atoms with van der Waals surface area (Å²) in [6.45, 7) is 3.97. The quantitative estimate of drug-likeness (QED) is 0.701. The van der Waals surface area contributed by atoms with Gasteiger partial charge in [-0.25, -0.2) is 13.2 Å². The van der Waals surface area contributed by atoms with E-state index in [4.69, 9.17) is 9.15 Å². The average molecular weight is 406 g/mol. The fourth-order valence-corrected chi connectivity index (χ4v) is 4.46. The first-order valence-corrected chi connectivity index (χ1v) is 10.3. The summed E-state index contributed by atoms with van der Waals surface area (Å²) in [6, 6.07) is 9.68. The minimum Gasteiger partial charge on any atom is -0.469 e. The Balaban J connectivity index is 1.58. The topological polar surface area (TPSA) is 97.1 Å². The average Bonchev–Trinajstić information content (AvgIpc) is 3.14. The van der Waals surface area contributed by atoms with Crippen LogP contribution in [-0.4, -0.2) is 61.8 Å². The summed E-state index contributed by atoms with van der Waals surface area (Å²) in [4.78, 5) is 26.4. The highest BCUT2D eigenvalue weighted by Crippen LogP contribution is 2.18. The summed E-state index contributed by atoms with van der Waals surface area (Å²) < 4.78 is 37.0. The van der Waals surface area contributed by atoms with Gasteiger partial charge in [-0.1, -0.05) is 18.2 Å². The molecule has 0 N–H and O–H groups in total. The molecule has 1 aliphatic rings. The maximum atomic E-state index is 12.7. The summed E-state index contributed by atoms with van der Waals surface area (Å²) in [5, 5.41) is 0. The summed E-state index contributed by atoms with van der Waals surface area (Å²) in [5.41, 5.74) is 0.276. The number of carbonyl (C=O) groups is 2. The lowest BCUT2D eigenvalue weighted by atomic mass is 10.2. The monoisotopic (exact) mass is 406 g/mol. The molecule has 0 radical (unpaired) electrons. The lowest BCUT2D eigenvalue weighted by Gasteiger charge is -2.35. The third-order valence-electron chi connectivity index (χ3n) is 4.64. The number of amides is 1. The fraction of sp³-hybridized carbons (Fsp3) is 0.368. The first kappa shape index (κ1) is 20.1. The zero-order chi connectivity index (χ0) is 20.3. The smallest absolute Gasteiger partial charge is 0.342 e. The van der Waals surface area contributed by atoms with E-state index < -0.39 is 22.1 Å². The molecule has 0 spiro atoms. The number of rotatable bonds is 5. The Morgan fingerprint density at radius 1 is 1.07 bits per heavy atom. The van der Waals surface area contributed by atoms with Gasteiger partial charge in [0, 0.05) is 26.2 Å². The zero-order valence-corrected chi connectivity index (χ0v) is 16.5. The minimum atomic E-state index is -3.59. The molecular formula is C19H22N2O6S. The Morgan fingerprint density at radius 2 is 1.71 bits per heavy atom. The van der Waals surface area contributed by atoms with Crippen LogP contribution in [0, 0.1) is 6.92 Å². The molecule has 1 unspecified atom stereocenters. The lowest BCUT2D eigenvalue weighted by Crippen LogP contribution is -2.52. The molecule has 1 aliphatic heterocycles. The van der Waals surface area contributed by atoms with E-state index in [1.165, 1.54) is 28.5 Å². The van der Waals surface area contributed by atoms with Gasteiger partial charge in [-0.05, 0) is 32.0 Å². The molecule has 28 heavy (non-hydrogen) atoms. The molecule has 1 atom stereocenters. The molecule has 150 valence electrons. The fourth-order valence-electron chi connectivity index (χ4n) is 3.02. The van der Waals surface area contributed by atoms with Crippen LogP contribution in [0.4, 0.5) is 0 Å². The second-order valence-electron chi connectivity index (χ2n) is 6.48. The van der Waals surface area contributed by atoms with E-state index in [1.54, 1.807) is 37.3 Å². The molecule has 2 heterocycles. The Labute approximate surface area is 163 Å². The van der Waals surface area contributed by atoms with Crippen LogP contribution in [0.3, 0.4) is 0 Å². The van der Waals surface area contributed by atoms with Crippen LogP contribution in [0.15, 0.2) is 52.0 Å². The Bertz CT molecular complexity index is 946. The standard InChI is InChI=1S/C19H22N2O6S/c1-14-17(8-13-26-14)19(23)27-15(2)18(22)20-9-11-21(12-10-20)28(24,25)16-6-4-3-5-7-16/h3-8,13,15H,9-12H2,1-2H3. The Kier molecular flexibility index (Phi) is 5.85. The van der Waals surface area contributed by atoms with Gasteiger partial charge in [0.15, 0.2) is 6.10 Å². The molecule has 9 heteroatoms. The van der Waals surface area contributed by atoms with Crippen LogP contribution in [-0.2, 0) is 19.6 Å². The number of benzene rings is 1. The van der Waals surface area contributed by atoms with Crippen molar-refractivity contribution in [2.45, 2.75) is 24.8 Å². The number of furan rings is 1. The Morgan fingerprint density at radius 3 is 2.29 bits per heavy atom. The van der Waals surface area contributed by atoms with Crippen molar-refractivity contribution in [2.24, 2.45) is 0 Å². The van der Waals surface area contributed by atoms with Crippen molar-refractivity contribution in [3.63, 3.8) is 0 Å². The molecule has 0 bridgehead atoms. The molecular weight excluding hydrogens is 384 g/mol. The maximum Gasteiger partial charge on any atom is 0.342 e. The number of carbonyl (C=O) groups excluding carboxylic acids is 2. The molecule has 1 fully saturated rings. The third kappa shape index (κ3) is 4.10. The van der Waals surface area contributed by atoms with E-state index in [9.17, 15) is 18.0 Å². The highest BCUT2D eigenvalue weighted by atomic mass is 32.2. The number of hydrogen-bond donors (Lipinski definition) is 0. The van der Waals surface area contributed by atoms with Crippen LogP contribution in [0.25, 0.3) is 0 Å². The van der Waals surface area contributed by atoms with Gasteiger partial charge in [0.2, 0.25) is 10.0 Å². The normalized spacial score (nSPS) is 16.6. The van der Waals surface area contributed by atoms with E-state index >= 15 is 0 Å². The van der Waals surface area contributed by atoms with Crippen molar-refractivity contribution in [3.05, 3.63) is 54.0 Å². The molecule has 1 amide bonds. The lowest BCUT2D eigenvalue weighted by molar-refractivity contribution is -0.141. The summed E-state index contributed by atoms with van der Waals surface area (Å²) in [7, 11) is -3.59. The molecule has 1 saturated heterocycles. The highest BCUT2D eigenvalue weighted by molar-refractivity contribution is 7.89. The van der Waals surface area contributed by atoms with Gasteiger partial charge in [-0.2, -0.15) is 4.31 Å². The summed E-state index contributed by atoms with van der Waals surface area (Å²) in [6.07, 6.45) is 0.407. The zero-order valence-electron chi connectivity index (χ0n) is 15.7. The minimum absolute atomic E-state index is 0.185. The van der Waals surface area contributed by atoms with Gasteiger partial charge in [0.25, 0.3) is 5.91 Å². The first-order valence-electron chi connectivity index (χ1n) is 8.90. The predicted octanol–water partition coefficient (Wildman–Crippen LogP) is 1.67. The Hall–Kier alpha value is -2.65. The second-order valence-corrected chi connectivity index (χ2v) is 8.42. The van der Waals surface area contributed by atoms with Gasteiger partial charge < -0.3 is 14.1 Å². The van der Waals surface area contributed by atoms with E-state index in [-0.39, 0.29) is 42.5 Å². The van der Waals surface area contributed by atoms with Crippen molar-refractivity contribution in [1.82, 2.24) is 9.21 Å². The number of hydrogen-bond acceptors (Lipinski definition) is 6. The van der Waals surface area contributed by atoms with Crippen LogP contribution in [0.2, 0.25) is 0 Å². The first-order chi connectivity index (χ1) is 13.3. The summed E-state index contributed by atoms with van der Waals surface area (Å²) in [5.74, 6) is -0.562. The second kappa shape index (κ2) is 8.15. The largest absolute Gasteiger partial charge is 0.469 e. The molecule has 3 rings (SSSR count). The highest BCUT2D eigenvalue weighted by Gasteiger charge is 2.32. The SMILES string of the molecule is Cc1occc1C(=O)OC(C)C(=O)N1CCN(S(=O)(=O)c2ccccc2)CC1. The number of nitrogens with zero attached hydrogens (tertiary/aromatic N) is 2. The molecule has 2 aromatic rings. The number of esters is 1. The van der Waals surface area contributed by atoms with E-state index in [0.717, 1.165) is 0 Å². The molecule has 8 nitrogen and oxygen atoms in total. The predicted molar refractivity (Wildman–Crippen MR) is 100 cm³/mol. The third-order valence-corrected chi connectivity index (χ3v) is 6.55. The van der Waals surface area contributed by atoms with Gasteiger partial charge in [0.1, 0.15) is 11.3 Å². The van der Waals surface area contributed by atoms with Crippen LogP contribution >= 0.6 is 0 Å². The van der Waals surface area contributed by atoms with Gasteiger partial charge >= 0.3 is 5.97 Å². The molecule has 0 saturated carbocycles. The van der Waals surface area contributed by atoms with Gasteiger partial charge in [-0.3, -0.25) is 4.79 Å². The van der Waals surface area contributed by atoms with Gasteiger partial charge in [-0.15, -0.1) is 0 Å². The molecule has 0 aliphatic carbocycles. The van der Waals surface area contributed by atoms with Crippen molar-refractivity contribution in [2.75, 3.05) is 26.2 Å². The van der Waals surface area contributed by atoms with Crippen molar-refractivity contribution >= 4 is 21.9 Å². The molecule has 1 aromatic heterocycles. The maximum absolute atomic E-state index is 12.7. The number of ether oxygens (including phenoxy) is 1. The van der Waals surface area contributed by atoms with E-state index in [0.29, 0.717) is 5.76 Å². The number of aryl methyl sites for hydroxylation is 1. The van der Waals surface area contributed by atoms with Crippen molar-refractivity contribution in [1.29, 1.82) is 0 Å². The summed E-state index contributed by atoms with van der Waals surface area (Å²) >= 11 is 0. The van der Waals surface area contributed by atoms with Gasteiger partial charge in [0.05, 0.1) is 11.2 Å². The number of sulfonamides is 1. The molecule has 1 aromatic carbocycles.